The van der Waals surface area contributed by atoms with E-state index in [-0.39, 0.29) is 22.8 Å². The lowest BCUT2D eigenvalue weighted by atomic mass is 10.2. The van der Waals surface area contributed by atoms with Crippen molar-refractivity contribution in [2.45, 2.75) is 10.6 Å². The summed E-state index contributed by atoms with van der Waals surface area (Å²) in [5, 5.41) is 4.01. The Bertz CT molecular complexity index is 1340. The minimum absolute atomic E-state index is 0.0846. The molecule has 1 N–H and O–H groups in total. The molecule has 0 atom stereocenters. The second-order valence-corrected chi connectivity index (χ2v) is 9.06. The number of rotatable bonds is 8. The normalized spacial score (nSPS) is 11.2. The number of fused-ring (bicyclic) bond motifs is 1. The van der Waals surface area contributed by atoms with E-state index in [9.17, 15) is 13.2 Å². The SMILES string of the molecule is O=C(OCCNc1ncnc2ccccc12)c1cccc(S(=O)(=O)Cc2ccccc2)c1. The van der Waals surface area contributed by atoms with Crippen LogP contribution in [0.25, 0.3) is 10.9 Å². The molecule has 8 heteroatoms. The first-order valence-electron chi connectivity index (χ1n) is 10.0. The number of esters is 1. The highest BCUT2D eigenvalue weighted by atomic mass is 32.2. The molecule has 0 fully saturated rings. The third kappa shape index (κ3) is 5.09. The Morgan fingerprint density at radius 1 is 0.906 bits per heavy atom. The molecule has 0 bridgehead atoms. The number of hydrogen-bond acceptors (Lipinski definition) is 7. The van der Waals surface area contributed by atoms with E-state index in [2.05, 4.69) is 15.3 Å². The molecule has 0 aliphatic rings. The van der Waals surface area contributed by atoms with Crippen molar-refractivity contribution in [3.05, 3.63) is 96.3 Å². The first kappa shape index (κ1) is 21.5. The molecule has 0 aliphatic carbocycles. The van der Waals surface area contributed by atoms with Gasteiger partial charge in [-0.25, -0.2) is 23.2 Å². The zero-order chi connectivity index (χ0) is 22.4. The molecule has 3 aromatic carbocycles. The largest absolute Gasteiger partial charge is 0.460 e. The summed E-state index contributed by atoms with van der Waals surface area (Å²) < 4.78 is 30.8. The number of nitrogens with one attached hydrogen (secondary N) is 1. The van der Waals surface area contributed by atoms with Crippen LogP contribution in [0, 0.1) is 0 Å². The van der Waals surface area contributed by atoms with Crippen molar-refractivity contribution in [1.29, 1.82) is 0 Å². The monoisotopic (exact) mass is 447 g/mol. The van der Waals surface area contributed by atoms with Gasteiger partial charge in [0.25, 0.3) is 0 Å². The van der Waals surface area contributed by atoms with Gasteiger partial charge >= 0.3 is 5.97 Å². The van der Waals surface area contributed by atoms with Gasteiger partial charge in [-0.05, 0) is 35.9 Å². The molecular formula is C24H21N3O4S. The number of sulfone groups is 1. The van der Waals surface area contributed by atoms with E-state index < -0.39 is 15.8 Å². The highest BCUT2D eigenvalue weighted by Crippen LogP contribution is 2.19. The molecule has 0 spiro atoms. The van der Waals surface area contributed by atoms with E-state index in [4.69, 9.17) is 4.74 Å². The van der Waals surface area contributed by atoms with Crippen molar-refractivity contribution in [3.8, 4) is 0 Å². The Balaban J connectivity index is 1.37. The minimum Gasteiger partial charge on any atom is -0.460 e. The number of benzene rings is 3. The zero-order valence-corrected chi connectivity index (χ0v) is 18.0. The van der Waals surface area contributed by atoms with Crippen molar-refractivity contribution in [2.24, 2.45) is 0 Å². The van der Waals surface area contributed by atoms with Crippen LogP contribution in [-0.4, -0.2) is 37.5 Å². The lowest BCUT2D eigenvalue weighted by Gasteiger charge is -2.10. The molecule has 0 saturated carbocycles. The second kappa shape index (κ2) is 9.57. The Kier molecular flexibility index (Phi) is 6.42. The highest BCUT2D eigenvalue weighted by molar-refractivity contribution is 7.90. The number of ether oxygens (including phenoxy) is 1. The van der Waals surface area contributed by atoms with Crippen LogP contribution in [0.5, 0.6) is 0 Å². The standard InChI is InChI=1S/C24H21N3O4S/c28-24(31-14-13-25-23-21-11-4-5-12-22(21)26-17-27-23)19-9-6-10-20(15-19)32(29,30)16-18-7-2-1-3-8-18/h1-12,15,17H,13-14,16H2,(H,25,26,27). The van der Waals surface area contributed by atoms with Crippen LogP contribution in [0.4, 0.5) is 5.82 Å². The van der Waals surface area contributed by atoms with E-state index in [1.807, 2.05) is 30.3 Å². The maximum atomic E-state index is 12.7. The van der Waals surface area contributed by atoms with Crippen molar-refractivity contribution < 1.29 is 17.9 Å². The van der Waals surface area contributed by atoms with Gasteiger partial charge in [0.15, 0.2) is 9.84 Å². The smallest absolute Gasteiger partial charge is 0.338 e. The number of hydrogen-bond donors (Lipinski definition) is 1. The summed E-state index contributed by atoms with van der Waals surface area (Å²) in [5.41, 5.74) is 1.69. The predicted molar refractivity (Wildman–Crippen MR) is 122 cm³/mol. The van der Waals surface area contributed by atoms with Crippen molar-refractivity contribution >= 4 is 32.5 Å². The lowest BCUT2D eigenvalue weighted by molar-refractivity contribution is 0.0520. The van der Waals surface area contributed by atoms with Crippen LogP contribution in [0.1, 0.15) is 15.9 Å². The molecule has 0 amide bonds. The Morgan fingerprint density at radius 2 is 1.69 bits per heavy atom. The Labute approximate surface area is 186 Å². The Morgan fingerprint density at radius 3 is 2.53 bits per heavy atom. The van der Waals surface area contributed by atoms with E-state index in [0.717, 1.165) is 10.9 Å². The fourth-order valence-corrected chi connectivity index (χ4v) is 4.63. The topological polar surface area (TPSA) is 98.2 Å². The van der Waals surface area contributed by atoms with Crippen LogP contribution < -0.4 is 5.32 Å². The molecule has 162 valence electrons. The first-order valence-corrected chi connectivity index (χ1v) is 11.7. The molecule has 1 heterocycles. The van der Waals surface area contributed by atoms with Crippen molar-refractivity contribution in [2.75, 3.05) is 18.5 Å². The van der Waals surface area contributed by atoms with Gasteiger partial charge in [0, 0.05) is 5.39 Å². The van der Waals surface area contributed by atoms with Crippen LogP contribution in [0.2, 0.25) is 0 Å². The second-order valence-electron chi connectivity index (χ2n) is 7.07. The van der Waals surface area contributed by atoms with Gasteiger partial charge in [0.05, 0.1) is 28.3 Å². The van der Waals surface area contributed by atoms with Gasteiger partial charge in [-0.2, -0.15) is 0 Å². The molecule has 7 nitrogen and oxygen atoms in total. The third-order valence-corrected chi connectivity index (χ3v) is 6.48. The maximum absolute atomic E-state index is 12.7. The van der Waals surface area contributed by atoms with Crippen LogP contribution >= 0.6 is 0 Å². The summed E-state index contributed by atoms with van der Waals surface area (Å²) in [6.45, 7) is 0.441. The summed E-state index contributed by atoms with van der Waals surface area (Å²) in [6.07, 6.45) is 1.47. The lowest BCUT2D eigenvalue weighted by Crippen LogP contribution is -2.15. The summed E-state index contributed by atoms with van der Waals surface area (Å²) in [5.74, 6) is -0.0693. The van der Waals surface area contributed by atoms with Crippen molar-refractivity contribution in [1.82, 2.24) is 9.97 Å². The van der Waals surface area contributed by atoms with Gasteiger partial charge < -0.3 is 10.1 Å². The van der Waals surface area contributed by atoms with Gasteiger partial charge in [0.1, 0.15) is 18.8 Å². The van der Waals surface area contributed by atoms with Gasteiger partial charge in [0.2, 0.25) is 0 Å². The molecule has 0 radical (unpaired) electrons. The summed E-state index contributed by atoms with van der Waals surface area (Å²) in [7, 11) is -3.59. The molecule has 0 saturated heterocycles. The van der Waals surface area contributed by atoms with Crippen molar-refractivity contribution in [3.63, 3.8) is 0 Å². The maximum Gasteiger partial charge on any atom is 0.338 e. The number of carbonyl (C=O) groups excluding carboxylic acids is 1. The van der Waals surface area contributed by atoms with E-state index in [0.29, 0.717) is 17.9 Å². The number of aromatic nitrogens is 2. The fraction of sp³-hybridized carbons (Fsp3) is 0.125. The van der Waals surface area contributed by atoms with Crippen LogP contribution in [0.3, 0.4) is 0 Å². The average Bonchev–Trinajstić information content (AvgIpc) is 2.82. The van der Waals surface area contributed by atoms with Crippen LogP contribution in [-0.2, 0) is 20.3 Å². The summed E-state index contributed by atoms with van der Waals surface area (Å²) in [4.78, 5) is 21.0. The number of nitrogens with zero attached hydrogens (tertiary/aromatic N) is 2. The summed E-state index contributed by atoms with van der Waals surface area (Å²) >= 11 is 0. The average molecular weight is 448 g/mol. The molecule has 1 aromatic heterocycles. The number of carbonyl (C=O) groups is 1. The predicted octanol–water partition coefficient (Wildman–Crippen LogP) is 3.87. The van der Waals surface area contributed by atoms with E-state index in [1.165, 1.54) is 24.5 Å². The van der Waals surface area contributed by atoms with E-state index in [1.54, 1.807) is 30.3 Å². The molecule has 4 aromatic rings. The van der Waals surface area contributed by atoms with Gasteiger partial charge in [-0.15, -0.1) is 0 Å². The van der Waals surface area contributed by atoms with E-state index >= 15 is 0 Å². The number of anilines is 1. The van der Waals surface area contributed by atoms with Gasteiger partial charge in [-0.1, -0.05) is 48.5 Å². The molecule has 32 heavy (non-hydrogen) atoms. The zero-order valence-electron chi connectivity index (χ0n) is 17.1. The van der Waals surface area contributed by atoms with Gasteiger partial charge in [-0.3, -0.25) is 0 Å². The first-order chi connectivity index (χ1) is 15.5. The molecule has 0 aliphatic heterocycles. The Hall–Kier alpha value is -3.78. The molecule has 0 unspecified atom stereocenters. The number of para-hydroxylation sites is 1. The fourth-order valence-electron chi connectivity index (χ4n) is 3.24. The quantitative estimate of drug-likeness (QED) is 0.323. The molecule has 4 rings (SSSR count). The summed E-state index contributed by atoms with van der Waals surface area (Å²) in [6, 6.07) is 22.4. The van der Waals surface area contributed by atoms with Crippen LogP contribution in [0.15, 0.2) is 90.1 Å². The minimum atomic E-state index is -3.59. The molecular weight excluding hydrogens is 426 g/mol. The highest BCUT2D eigenvalue weighted by Gasteiger charge is 2.18. The third-order valence-electron chi connectivity index (χ3n) is 4.80.